The van der Waals surface area contributed by atoms with Crippen LogP contribution in [0.1, 0.15) is 16.7 Å². The van der Waals surface area contributed by atoms with Crippen molar-refractivity contribution in [2.45, 2.75) is 13.5 Å². The number of imide groups is 1. The van der Waals surface area contributed by atoms with Crippen LogP contribution in [0.2, 0.25) is 0 Å². The van der Waals surface area contributed by atoms with E-state index in [0.29, 0.717) is 11.5 Å². The summed E-state index contributed by atoms with van der Waals surface area (Å²) in [7, 11) is 0. The van der Waals surface area contributed by atoms with Gasteiger partial charge in [-0.1, -0.05) is 54.6 Å². The maximum absolute atomic E-state index is 12.6. The average Bonchev–Trinajstić information content (AvgIpc) is 2.90. The lowest BCUT2D eigenvalue weighted by molar-refractivity contribution is -0.123. The molecule has 0 aliphatic carbocycles. The minimum absolute atomic E-state index is 0.243. The maximum atomic E-state index is 12.6. The van der Waals surface area contributed by atoms with Crippen LogP contribution < -0.4 is 4.74 Å². The van der Waals surface area contributed by atoms with Crippen molar-refractivity contribution in [2.24, 2.45) is 0 Å². The molecule has 0 atom stereocenters. The van der Waals surface area contributed by atoms with Crippen LogP contribution in [0, 0.1) is 6.92 Å². The van der Waals surface area contributed by atoms with Crippen LogP contribution in [0.4, 0.5) is 4.79 Å². The molecule has 0 bridgehead atoms. The van der Waals surface area contributed by atoms with E-state index in [9.17, 15) is 9.59 Å². The summed E-state index contributed by atoms with van der Waals surface area (Å²) < 4.78 is 5.44. The number of hydrogen-bond acceptors (Lipinski definition) is 4. The highest BCUT2D eigenvalue weighted by Gasteiger charge is 2.34. The minimum atomic E-state index is -0.257. The second-order valence-electron chi connectivity index (χ2n) is 5.92. The first-order chi connectivity index (χ1) is 12.6. The van der Waals surface area contributed by atoms with E-state index in [1.165, 1.54) is 4.90 Å². The van der Waals surface area contributed by atoms with E-state index < -0.39 is 0 Å². The third kappa shape index (κ3) is 4.24. The summed E-state index contributed by atoms with van der Waals surface area (Å²) in [4.78, 5) is 26.5. The summed E-state index contributed by atoms with van der Waals surface area (Å²) in [6.07, 6.45) is 3.41. The van der Waals surface area contributed by atoms with Gasteiger partial charge in [-0.25, -0.2) is 0 Å². The summed E-state index contributed by atoms with van der Waals surface area (Å²) in [5, 5.41) is -0.243. The van der Waals surface area contributed by atoms with E-state index in [4.69, 9.17) is 4.74 Å². The molecule has 1 fully saturated rings. The summed E-state index contributed by atoms with van der Waals surface area (Å²) in [6, 6.07) is 15.2. The Hall–Kier alpha value is -2.79. The molecule has 0 spiro atoms. The Balaban J connectivity index is 1.72. The molecular weight excluding hydrogens is 346 g/mol. The Morgan fingerprint density at radius 3 is 2.42 bits per heavy atom. The van der Waals surface area contributed by atoms with Gasteiger partial charge < -0.3 is 4.74 Å². The van der Waals surface area contributed by atoms with Crippen molar-refractivity contribution < 1.29 is 14.3 Å². The van der Waals surface area contributed by atoms with Gasteiger partial charge in [-0.3, -0.25) is 14.5 Å². The molecule has 1 heterocycles. The molecule has 3 rings (SSSR count). The number of thioether (sulfide) groups is 1. The first kappa shape index (κ1) is 18.0. The van der Waals surface area contributed by atoms with Crippen molar-refractivity contribution in [2.75, 3.05) is 6.61 Å². The van der Waals surface area contributed by atoms with Crippen molar-refractivity contribution in [3.63, 3.8) is 0 Å². The topological polar surface area (TPSA) is 46.6 Å². The van der Waals surface area contributed by atoms with Gasteiger partial charge in [0.1, 0.15) is 12.4 Å². The summed E-state index contributed by atoms with van der Waals surface area (Å²) >= 11 is 0.971. The Morgan fingerprint density at radius 1 is 1.08 bits per heavy atom. The maximum Gasteiger partial charge on any atom is 0.293 e. The van der Waals surface area contributed by atoms with Gasteiger partial charge in [0.05, 0.1) is 11.4 Å². The van der Waals surface area contributed by atoms with E-state index in [1.54, 1.807) is 12.2 Å². The smallest absolute Gasteiger partial charge is 0.293 e. The van der Waals surface area contributed by atoms with E-state index in [2.05, 4.69) is 6.58 Å². The van der Waals surface area contributed by atoms with Crippen LogP contribution >= 0.6 is 11.8 Å². The second-order valence-corrected chi connectivity index (χ2v) is 6.92. The van der Waals surface area contributed by atoms with Crippen molar-refractivity contribution in [3.8, 4) is 5.75 Å². The predicted octanol–water partition coefficient (Wildman–Crippen LogP) is 4.80. The zero-order valence-corrected chi connectivity index (χ0v) is 15.3. The van der Waals surface area contributed by atoms with Crippen LogP contribution in [0.3, 0.4) is 0 Å². The number of carbonyl (C=O) groups is 2. The zero-order valence-electron chi connectivity index (χ0n) is 14.5. The third-order valence-electron chi connectivity index (χ3n) is 3.88. The standard InChI is InChI=1S/C21H19NO3S/c1-3-12-25-18-10-8-16(9-11-18)13-19-20(23)22(21(24)26-19)14-17-6-4-15(2)5-7-17/h3-11,13H,1,12,14H2,2H3/b19-13-. The Kier molecular flexibility index (Phi) is 5.58. The number of aryl methyl sites for hydroxylation is 1. The van der Waals surface area contributed by atoms with Crippen LogP contribution in [0.25, 0.3) is 6.08 Å². The Bertz CT molecular complexity index is 854. The molecule has 1 aliphatic rings. The molecule has 0 radical (unpaired) electrons. The van der Waals surface area contributed by atoms with E-state index in [-0.39, 0.29) is 17.7 Å². The van der Waals surface area contributed by atoms with Crippen LogP contribution in [0.15, 0.2) is 66.1 Å². The molecule has 26 heavy (non-hydrogen) atoms. The highest BCUT2D eigenvalue weighted by Crippen LogP contribution is 2.33. The van der Waals surface area contributed by atoms with Gasteiger partial charge >= 0.3 is 0 Å². The monoisotopic (exact) mass is 365 g/mol. The molecule has 0 N–H and O–H groups in total. The number of nitrogens with zero attached hydrogens (tertiary/aromatic N) is 1. The van der Waals surface area contributed by atoms with Gasteiger partial charge in [-0.2, -0.15) is 0 Å². The van der Waals surface area contributed by atoms with Gasteiger partial charge in [0.2, 0.25) is 0 Å². The molecule has 1 saturated heterocycles. The highest BCUT2D eigenvalue weighted by molar-refractivity contribution is 8.18. The van der Waals surface area contributed by atoms with E-state index in [0.717, 1.165) is 34.2 Å². The number of benzene rings is 2. The number of hydrogen-bond donors (Lipinski definition) is 0. The average molecular weight is 365 g/mol. The van der Waals surface area contributed by atoms with Crippen LogP contribution in [-0.2, 0) is 11.3 Å². The fourth-order valence-corrected chi connectivity index (χ4v) is 3.32. The first-order valence-electron chi connectivity index (χ1n) is 8.21. The number of rotatable bonds is 6. The molecular formula is C21H19NO3S. The van der Waals surface area contributed by atoms with Crippen molar-refractivity contribution in [1.29, 1.82) is 0 Å². The fourth-order valence-electron chi connectivity index (χ4n) is 2.48. The summed E-state index contributed by atoms with van der Waals surface area (Å²) in [5.74, 6) is 0.474. The third-order valence-corrected chi connectivity index (χ3v) is 4.79. The molecule has 4 nitrogen and oxygen atoms in total. The molecule has 1 aliphatic heterocycles. The quantitative estimate of drug-likeness (QED) is 0.545. The highest BCUT2D eigenvalue weighted by atomic mass is 32.2. The van der Waals surface area contributed by atoms with Gasteiger partial charge in [0.25, 0.3) is 11.1 Å². The zero-order chi connectivity index (χ0) is 18.5. The van der Waals surface area contributed by atoms with Gasteiger partial charge in [0, 0.05) is 0 Å². The molecule has 2 amide bonds. The predicted molar refractivity (Wildman–Crippen MR) is 105 cm³/mol. The Morgan fingerprint density at radius 2 is 1.77 bits per heavy atom. The molecule has 2 aromatic rings. The fraction of sp³-hybridized carbons (Fsp3) is 0.143. The van der Waals surface area contributed by atoms with Gasteiger partial charge in [0.15, 0.2) is 0 Å². The number of amides is 2. The Labute approximate surface area is 157 Å². The lowest BCUT2D eigenvalue weighted by Crippen LogP contribution is -2.27. The molecule has 132 valence electrons. The normalized spacial score (nSPS) is 15.6. The van der Waals surface area contributed by atoms with Crippen LogP contribution in [0.5, 0.6) is 5.75 Å². The van der Waals surface area contributed by atoms with Crippen molar-refractivity contribution in [3.05, 3.63) is 82.8 Å². The van der Waals surface area contributed by atoms with Gasteiger partial charge in [-0.15, -0.1) is 0 Å². The van der Waals surface area contributed by atoms with Crippen molar-refractivity contribution >= 4 is 29.0 Å². The molecule has 0 saturated carbocycles. The largest absolute Gasteiger partial charge is 0.490 e. The molecule has 5 heteroatoms. The number of ether oxygens (including phenoxy) is 1. The molecule has 0 aromatic heterocycles. The van der Waals surface area contributed by atoms with Crippen LogP contribution in [-0.4, -0.2) is 22.7 Å². The van der Waals surface area contributed by atoms with E-state index in [1.807, 2.05) is 55.5 Å². The van der Waals surface area contributed by atoms with Gasteiger partial charge in [-0.05, 0) is 48.0 Å². The summed E-state index contributed by atoms with van der Waals surface area (Å²) in [5.41, 5.74) is 2.92. The first-order valence-corrected chi connectivity index (χ1v) is 9.03. The van der Waals surface area contributed by atoms with Crippen molar-refractivity contribution in [1.82, 2.24) is 4.90 Å². The molecule has 2 aromatic carbocycles. The summed E-state index contributed by atoms with van der Waals surface area (Å²) in [6.45, 7) is 6.34. The van der Waals surface area contributed by atoms with E-state index >= 15 is 0 Å². The SMILES string of the molecule is C=CCOc1ccc(/C=C2\SC(=O)N(Cc3ccc(C)cc3)C2=O)cc1. The molecule has 0 unspecified atom stereocenters. The minimum Gasteiger partial charge on any atom is -0.490 e. The number of carbonyl (C=O) groups excluding carboxylic acids is 2. The second kappa shape index (κ2) is 8.06. The lowest BCUT2D eigenvalue weighted by atomic mass is 10.1. The lowest BCUT2D eigenvalue weighted by Gasteiger charge is -2.12.